The lowest BCUT2D eigenvalue weighted by atomic mass is 10.1. The molecule has 0 saturated carbocycles. The smallest absolute Gasteiger partial charge is 0.430 e. The number of nitrogens with two attached hydrogens (primary N) is 1. The number of aromatic hydroxyl groups is 1. The summed E-state index contributed by atoms with van der Waals surface area (Å²) < 4.78 is 34.2. The SMILES string of the molecule is C[N+](C)(C)c1ccc(CNC(=O)c2cc3cc(O)ccc3n2Cc2cccc(C(=N)N)c2)cc1.O=C([O-])C(F)(F)F. The van der Waals surface area contributed by atoms with Crippen LogP contribution in [0.15, 0.2) is 72.8 Å². The zero-order valence-corrected chi connectivity index (χ0v) is 22.6. The molecule has 0 fully saturated rings. The number of phenolic OH excluding ortho intramolecular Hbond substituents is 1. The lowest BCUT2D eigenvalue weighted by molar-refractivity contribution is -0.344. The summed E-state index contributed by atoms with van der Waals surface area (Å²) in [5, 5.41) is 30.2. The normalized spacial score (nSPS) is 11.5. The van der Waals surface area contributed by atoms with Gasteiger partial charge in [0.2, 0.25) is 0 Å². The molecular weight excluding hydrogens is 539 g/mol. The van der Waals surface area contributed by atoms with Gasteiger partial charge in [0.1, 0.15) is 28.9 Å². The minimum Gasteiger partial charge on any atom is -0.542 e. The molecule has 0 atom stereocenters. The largest absolute Gasteiger partial charge is 0.542 e. The molecule has 0 saturated heterocycles. The van der Waals surface area contributed by atoms with Crippen LogP contribution in [-0.2, 0) is 17.9 Å². The van der Waals surface area contributed by atoms with Crippen molar-refractivity contribution in [3.63, 3.8) is 0 Å². The standard InChI is InChI=1S/C27H29N5O2.C2HF3O2/c1-32(2,3)22-9-7-18(8-10-22)16-30-27(34)25-15-21-14-23(33)11-12-24(21)31(25)17-19-5-4-6-20(13-19)26(28)29;3-2(4,5)1(6)7/h4-15H,16-17H2,1-3H3,(H4-,28,29,30,33,34);(H,6,7). The van der Waals surface area contributed by atoms with Crippen molar-refractivity contribution in [1.82, 2.24) is 14.4 Å². The summed E-state index contributed by atoms with van der Waals surface area (Å²) in [5.41, 5.74) is 10.7. The quantitative estimate of drug-likeness (QED) is 0.154. The molecule has 0 unspecified atom stereocenters. The third-order valence-electron chi connectivity index (χ3n) is 6.09. The number of nitrogens with zero attached hydrogens (tertiary/aromatic N) is 2. The number of benzene rings is 3. The van der Waals surface area contributed by atoms with Gasteiger partial charge in [-0.15, -0.1) is 0 Å². The van der Waals surface area contributed by atoms with Gasteiger partial charge in [0.15, 0.2) is 0 Å². The number of aromatic nitrogens is 1. The Hall–Kier alpha value is -4.84. The zero-order chi connectivity index (χ0) is 30.5. The number of amides is 1. The molecule has 216 valence electrons. The van der Waals surface area contributed by atoms with Crippen molar-refractivity contribution in [1.29, 1.82) is 5.41 Å². The van der Waals surface area contributed by atoms with E-state index in [4.69, 9.17) is 21.0 Å². The molecule has 1 aromatic heterocycles. The number of aliphatic carboxylic acids is 1. The van der Waals surface area contributed by atoms with Crippen LogP contribution < -0.4 is 20.6 Å². The van der Waals surface area contributed by atoms with Crippen LogP contribution >= 0.6 is 0 Å². The number of quaternary nitrogens is 1. The van der Waals surface area contributed by atoms with E-state index < -0.39 is 12.1 Å². The number of carboxylic acid groups (broad SMARTS) is 1. The van der Waals surface area contributed by atoms with Gasteiger partial charge in [0, 0.05) is 29.6 Å². The molecule has 0 spiro atoms. The third-order valence-corrected chi connectivity index (χ3v) is 6.09. The topological polar surface area (TPSA) is 144 Å². The molecule has 0 bridgehead atoms. The molecule has 4 rings (SSSR count). The highest BCUT2D eigenvalue weighted by Crippen LogP contribution is 2.26. The summed E-state index contributed by atoms with van der Waals surface area (Å²) in [6, 6.07) is 22.5. The maximum Gasteiger partial charge on any atom is 0.430 e. The minimum absolute atomic E-state index is 0.00150. The van der Waals surface area contributed by atoms with Crippen molar-refractivity contribution < 1.29 is 33.0 Å². The van der Waals surface area contributed by atoms with Crippen molar-refractivity contribution in [2.24, 2.45) is 5.73 Å². The Morgan fingerprint density at radius 1 is 1.00 bits per heavy atom. The molecule has 0 aliphatic rings. The fraction of sp³-hybridized carbons (Fsp3) is 0.207. The summed E-state index contributed by atoms with van der Waals surface area (Å²) in [6.45, 7) is 0.833. The first kappa shape index (κ1) is 30.7. The number of halogens is 3. The average molecular weight is 570 g/mol. The van der Waals surface area contributed by atoms with Gasteiger partial charge in [-0.1, -0.05) is 30.3 Å². The molecule has 4 aromatic rings. The fourth-order valence-electron chi connectivity index (χ4n) is 3.97. The van der Waals surface area contributed by atoms with Gasteiger partial charge in [-0.2, -0.15) is 13.2 Å². The summed E-state index contributed by atoms with van der Waals surface area (Å²) in [7, 11) is 6.33. The van der Waals surface area contributed by atoms with Crippen LogP contribution in [0.1, 0.15) is 27.2 Å². The zero-order valence-electron chi connectivity index (χ0n) is 22.6. The van der Waals surface area contributed by atoms with E-state index in [1.165, 1.54) is 5.69 Å². The second kappa shape index (κ2) is 12.1. The van der Waals surface area contributed by atoms with E-state index in [-0.39, 0.29) is 17.5 Å². The van der Waals surface area contributed by atoms with E-state index in [2.05, 4.69) is 38.6 Å². The number of phenols is 1. The van der Waals surface area contributed by atoms with Crippen LogP contribution in [-0.4, -0.2) is 54.7 Å². The molecule has 1 amide bonds. The number of carboxylic acids is 1. The number of fused-ring (bicyclic) bond motifs is 1. The second-order valence-electron chi connectivity index (χ2n) is 10.1. The number of carbonyl (C=O) groups excluding carboxylic acids is 2. The highest BCUT2D eigenvalue weighted by atomic mass is 19.4. The highest BCUT2D eigenvalue weighted by molar-refractivity contribution is 5.99. The first-order chi connectivity index (χ1) is 19.1. The molecule has 1 heterocycles. The molecule has 12 heteroatoms. The maximum atomic E-state index is 13.2. The maximum absolute atomic E-state index is 13.2. The summed E-state index contributed by atoms with van der Waals surface area (Å²) in [5.74, 6) is -3.06. The van der Waals surface area contributed by atoms with Gasteiger partial charge in [0.05, 0.1) is 21.1 Å². The lowest BCUT2D eigenvalue weighted by Crippen LogP contribution is -2.37. The summed E-state index contributed by atoms with van der Waals surface area (Å²) in [6.07, 6.45) is -5.19. The van der Waals surface area contributed by atoms with E-state index in [0.29, 0.717) is 24.3 Å². The number of nitrogen functional groups attached to an aromatic ring is 1. The Morgan fingerprint density at radius 3 is 2.20 bits per heavy atom. The Labute approximate surface area is 234 Å². The van der Waals surface area contributed by atoms with Crippen LogP contribution in [0.4, 0.5) is 18.9 Å². The van der Waals surface area contributed by atoms with E-state index in [9.17, 15) is 23.1 Å². The predicted molar refractivity (Wildman–Crippen MR) is 148 cm³/mol. The average Bonchev–Trinajstić information content (AvgIpc) is 3.24. The van der Waals surface area contributed by atoms with E-state index in [0.717, 1.165) is 26.5 Å². The van der Waals surface area contributed by atoms with Gasteiger partial charge in [-0.25, -0.2) is 0 Å². The molecule has 41 heavy (non-hydrogen) atoms. The van der Waals surface area contributed by atoms with Crippen molar-refractivity contribution in [2.75, 3.05) is 21.1 Å². The number of nitrogens with one attached hydrogen (secondary N) is 2. The van der Waals surface area contributed by atoms with Gasteiger partial charge < -0.3 is 30.6 Å². The van der Waals surface area contributed by atoms with Crippen molar-refractivity contribution in [3.8, 4) is 5.75 Å². The molecule has 0 radical (unpaired) electrons. The monoisotopic (exact) mass is 569 g/mol. The number of alkyl halides is 3. The molecule has 5 N–H and O–H groups in total. The summed E-state index contributed by atoms with van der Waals surface area (Å²) in [4.78, 5) is 22.0. The summed E-state index contributed by atoms with van der Waals surface area (Å²) >= 11 is 0. The van der Waals surface area contributed by atoms with Gasteiger partial charge >= 0.3 is 6.18 Å². The van der Waals surface area contributed by atoms with Crippen LogP contribution in [0.25, 0.3) is 10.9 Å². The third kappa shape index (κ3) is 8.08. The van der Waals surface area contributed by atoms with Crippen LogP contribution in [0.3, 0.4) is 0 Å². The number of carbonyl (C=O) groups is 2. The molecule has 0 aliphatic heterocycles. The first-order valence-electron chi connectivity index (χ1n) is 12.3. The Morgan fingerprint density at radius 2 is 1.63 bits per heavy atom. The highest BCUT2D eigenvalue weighted by Gasteiger charge is 2.28. The van der Waals surface area contributed by atoms with Crippen molar-refractivity contribution >= 4 is 34.3 Å². The van der Waals surface area contributed by atoms with Gasteiger partial charge in [0.25, 0.3) is 5.91 Å². The molecule has 3 aromatic carbocycles. The Balaban J connectivity index is 0.000000587. The fourth-order valence-corrected chi connectivity index (χ4v) is 3.97. The van der Waals surface area contributed by atoms with Crippen molar-refractivity contribution in [2.45, 2.75) is 19.3 Å². The Bertz CT molecular complexity index is 1570. The molecule has 0 aliphatic carbocycles. The van der Waals surface area contributed by atoms with Crippen LogP contribution in [0.2, 0.25) is 0 Å². The lowest BCUT2D eigenvalue weighted by Gasteiger charge is -2.23. The van der Waals surface area contributed by atoms with E-state index in [1.54, 1.807) is 30.3 Å². The number of hydrogen-bond acceptors (Lipinski definition) is 5. The van der Waals surface area contributed by atoms with Gasteiger partial charge in [-0.05, 0) is 53.6 Å². The van der Waals surface area contributed by atoms with E-state index in [1.807, 2.05) is 34.9 Å². The van der Waals surface area contributed by atoms with E-state index >= 15 is 0 Å². The predicted octanol–water partition coefficient (Wildman–Crippen LogP) is 3.10. The van der Waals surface area contributed by atoms with Crippen LogP contribution in [0.5, 0.6) is 5.75 Å². The second-order valence-corrected chi connectivity index (χ2v) is 10.1. The number of amidine groups is 1. The first-order valence-corrected chi connectivity index (χ1v) is 12.3. The minimum atomic E-state index is -5.19. The number of hydrogen-bond donors (Lipinski definition) is 4. The van der Waals surface area contributed by atoms with Gasteiger partial charge in [-0.3, -0.25) is 14.7 Å². The Kier molecular flexibility index (Phi) is 9.08. The van der Waals surface area contributed by atoms with Crippen molar-refractivity contribution in [3.05, 3.63) is 95.2 Å². The number of rotatable bonds is 7. The molecular formula is C29H30F3N5O4. The molecule has 9 nitrogen and oxygen atoms in total. The van der Waals surface area contributed by atoms with Crippen LogP contribution in [0, 0.1) is 5.41 Å².